The molecule has 108 valence electrons. The van der Waals surface area contributed by atoms with E-state index in [-0.39, 0.29) is 30.0 Å². The van der Waals surface area contributed by atoms with Gasteiger partial charge in [0, 0.05) is 19.3 Å². The van der Waals surface area contributed by atoms with E-state index in [1.54, 1.807) is 0 Å². The Morgan fingerprint density at radius 3 is 2.60 bits per heavy atom. The molecule has 4 nitrogen and oxygen atoms in total. The fourth-order valence-electron chi connectivity index (χ4n) is 1.99. The normalized spacial score (nSPS) is 17.7. The first kappa shape index (κ1) is 16.6. The minimum Gasteiger partial charge on any atom is -0.369 e. The Kier molecular flexibility index (Phi) is 6.06. The van der Waals surface area contributed by atoms with E-state index in [9.17, 15) is 0 Å². The molecule has 0 saturated heterocycles. The molecule has 20 heavy (non-hydrogen) atoms. The van der Waals surface area contributed by atoms with Crippen molar-refractivity contribution in [3.05, 3.63) is 54.9 Å². The summed E-state index contributed by atoms with van der Waals surface area (Å²) in [5.41, 5.74) is 7.04. The fourth-order valence-corrected chi connectivity index (χ4v) is 1.99. The van der Waals surface area contributed by atoms with Gasteiger partial charge < -0.3 is 15.5 Å². The van der Waals surface area contributed by atoms with E-state index >= 15 is 0 Å². The first-order valence-electron chi connectivity index (χ1n) is 6.35. The molecule has 0 bridgehead atoms. The van der Waals surface area contributed by atoms with Gasteiger partial charge in [0.25, 0.3) is 0 Å². The second kappa shape index (κ2) is 7.33. The molecule has 0 saturated carbocycles. The summed E-state index contributed by atoms with van der Waals surface area (Å²) >= 11 is 0. The first-order chi connectivity index (χ1) is 9.13. The zero-order valence-electron chi connectivity index (χ0n) is 11.9. The summed E-state index contributed by atoms with van der Waals surface area (Å²) in [6.07, 6.45) is 3.97. The van der Waals surface area contributed by atoms with Gasteiger partial charge in [0.15, 0.2) is 5.96 Å². The van der Waals surface area contributed by atoms with Gasteiger partial charge in [0.05, 0.1) is 6.04 Å². The molecule has 1 aromatic rings. The highest BCUT2D eigenvalue weighted by atomic mass is 127. The SMILES string of the molecule is C=CCN(C1=CC(C)N(C)C(N)=N1)c1ccccc1.I. The van der Waals surface area contributed by atoms with Crippen LogP contribution < -0.4 is 10.6 Å². The molecule has 1 aliphatic heterocycles. The Balaban J connectivity index is 0.00000200. The largest absolute Gasteiger partial charge is 0.369 e. The molecule has 2 N–H and O–H groups in total. The molecule has 1 aliphatic rings. The molecule has 0 fully saturated rings. The Bertz CT molecular complexity index is 510. The summed E-state index contributed by atoms with van der Waals surface area (Å²) in [5, 5.41) is 0. The summed E-state index contributed by atoms with van der Waals surface area (Å²) in [4.78, 5) is 8.51. The molecule has 1 unspecified atom stereocenters. The van der Waals surface area contributed by atoms with Crippen LogP contribution >= 0.6 is 24.0 Å². The molecule has 0 spiro atoms. The number of nitrogens with two attached hydrogens (primary N) is 1. The van der Waals surface area contributed by atoms with E-state index in [4.69, 9.17) is 5.73 Å². The highest BCUT2D eigenvalue weighted by molar-refractivity contribution is 14.0. The monoisotopic (exact) mass is 384 g/mol. The number of hydrogen-bond acceptors (Lipinski definition) is 4. The summed E-state index contributed by atoms with van der Waals surface area (Å²) < 4.78 is 0. The Morgan fingerprint density at radius 1 is 1.40 bits per heavy atom. The molecule has 0 radical (unpaired) electrons. The van der Waals surface area contributed by atoms with Crippen LogP contribution in [-0.2, 0) is 0 Å². The number of para-hydroxylation sites is 1. The summed E-state index contributed by atoms with van der Waals surface area (Å²) in [6, 6.07) is 10.4. The van der Waals surface area contributed by atoms with Gasteiger partial charge in [-0.25, -0.2) is 0 Å². The lowest BCUT2D eigenvalue weighted by Crippen LogP contribution is -2.43. The van der Waals surface area contributed by atoms with Gasteiger partial charge in [-0.3, -0.25) is 0 Å². The van der Waals surface area contributed by atoms with Crippen LogP contribution in [0.5, 0.6) is 0 Å². The van der Waals surface area contributed by atoms with Crippen molar-refractivity contribution in [1.82, 2.24) is 4.90 Å². The van der Waals surface area contributed by atoms with Gasteiger partial charge in [-0.1, -0.05) is 24.3 Å². The third-order valence-corrected chi connectivity index (χ3v) is 3.25. The smallest absolute Gasteiger partial charge is 0.198 e. The standard InChI is InChI=1S/C15H20N4.HI/c1-4-10-19(13-8-6-5-7-9-13)14-11-12(2)18(3)15(16)17-14;/h4-9,11-12H,1,10H2,2-3H3,(H2,16,17);1H. The van der Waals surface area contributed by atoms with Crippen LogP contribution in [0.1, 0.15) is 6.92 Å². The third-order valence-electron chi connectivity index (χ3n) is 3.25. The van der Waals surface area contributed by atoms with Crippen molar-refractivity contribution in [3.63, 3.8) is 0 Å². The van der Waals surface area contributed by atoms with Gasteiger partial charge in [-0.2, -0.15) is 4.99 Å². The van der Waals surface area contributed by atoms with Crippen LogP contribution in [0.15, 0.2) is 59.9 Å². The Morgan fingerprint density at radius 2 is 2.05 bits per heavy atom. The van der Waals surface area contributed by atoms with Crippen molar-refractivity contribution < 1.29 is 0 Å². The van der Waals surface area contributed by atoms with Crippen molar-refractivity contribution in [2.45, 2.75) is 13.0 Å². The molecule has 0 aromatic heterocycles. The van der Waals surface area contributed by atoms with Crippen molar-refractivity contribution in [2.24, 2.45) is 10.7 Å². The molecular formula is C15H21IN4. The molecule has 1 heterocycles. The molecule has 2 rings (SSSR count). The number of anilines is 1. The minimum absolute atomic E-state index is 0. The van der Waals surface area contributed by atoms with E-state index < -0.39 is 0 Å². The van der Waals surface area contributed by atoms with Crippen LogP contribution in [0.4, 0.5) is 5.69 Å². The lowest BCUT2D eigenvalue weighted by atomic mass is 10.2. The van der Waals surface area contributed by atoms with Crippen molar-refractivity contribution in [2.75, 3.05) is 18.5 Å². The van der Waals surface area contributed by atoms with E-state index in [1.165, 1.54) is 0 Å². The Labute approximate surface area is 137 Å². The fraction of sp³-hybridized carbons (Fsp3) is 0.267. The number of halogens is 1. The zero-order chi connectivity index (χ0) is 13.8. The number of rotatable bonds is 4. The summed E-state index contributed by atoms with van der Waals surface area (Å²) in [6.45, 7) is 6.61. The Hall–Kier alpha value is -1.50. The molecule has 5 heteroatoms. The molecule has 1 atom stereocenters. The first-order valence-corrected chi connectivity index (χ1v) is 6.35. The average Bonchev–Trinajstić information content (AvgIpc) is 2.42. The van der Waals surface area contributed by atoms with Gasteiger partial charge >= 0.3 is 0 Å². The number of nitrogens with zero attached hydrogens (tertiary/aromatic N) is 3. The molecular weight excluding hydrogens is 363 g/mol. The summed E-state index contributed by atoms with van der Waals surface area (Å²) in [5.74, 6) is 1.41. The predicted octanol–water partition coefficient (Wildman–Crippen LogP) is 2.79. The van der Waals surface area contributed by atoms with Gasteiger partial charge in [-0.15, -0.1) is 30.6 Å². The quantitative estimate of drug-likeness (QED) is 0.642. The van der Waals surface area contributed by atoms with E-state index in [1.807, 2.05) is 36.2 Å². The zero-order valence-corrected chi connectivity index (χ0v) is 14.2. The van der Waals surface area contributed by atoms with Crippen LogP contribution in [-0.4, -0.2) is 30.5 Å². The van der Waals surface area contributed by atoms with E-state index in [0.29, 0.717) is 12.5 Å². The number of benzene rings is 1. The van der Waals surface area contributed by atoms with Crippen molar-refractivity contribution >= 4 is 35.6 Å². The molecule has 0 aliphatic carbocycles. The lowest BCUT2D eigenvalue weighted by molar-refractivity contribution is 0.436. The number of guanidine groups is 1. The molecule has 1 aromatic carbocycles. The van der Waals surface area contributed by atoms with E-state index in [0.717, 1.165) is 11.5 Å². The minimum atomic E-state index is 0. The third kappa shape index (κ3) is 3.53. The van der Waals surface area contributed by atoms with Crippen LogP contribution in [0.2, 0.25) is 0 Å². The van der Waals surface area contributed by atoms with E-state index in [2.05, 4.69) is 41.6 Å². The second-order valence-corrected chi connectivity index (χ2v) is 4.58. The topological polar surface area (TPSA) is 44.9 Å². The van der Waals surface area contributed by atoms with Gasteiger partial charge in [-0.05, 0) is 25.1 Å². The maximum Gasteiger partial charge on any atom is 0.198 e. The van der Waals surface area contributed by atoms with Crippen LogP contribution in [0, 0.1) is 0 Å². The number of hydrogen-bond donors (Lipinski definition) is 1. The lowest BCUT2D eigenvalue weighted by Gasteiger charge is -2.32. The maximum atomic E-state index is 5.95. The average molecular weight is 384 g/mol. The second-order valence-electron chi connectivity index (χ2n) is 4.58. The highest BCUT2D eigenvalue weighted by Gasteiger charge is 2.20. The van der Waals surface area contributed by atoms with Crippen molar-refractivity contribution in [3.8, 4) is 0 Å². The van der Waals surface area contributed by atoms with Gasteiger partial charge in [0.2, 0.25) is 0 Å². The van der Waals surface area contributed by atoms with Gasteiger partial charge in [0.1, 0.15) is 5.82 Å². The van der Waals surface area contributed by atoms with Crippen LogP contribution in [0.25, 0.3) is 0 Å². The predicted molar refractivity (Wildman–Crippen MR) is 96.3 cm³/mol. The summed E-state index contributed by atoms with van der Waals surface area (Å²) in [7, 11) is 1.94. The molecule has 0 amide bonds. The number of likely N-dealkylation sites (N-methyl/N-ethyl adjacent to an activating group) is 1. The highest BCUT2D eigenvalue weighted by Crippen LogP contribution is 2.22. The maximum absolute atomic E-state index is 5.95. The number of aliphatic imine (C=N–C) groups is 1. The van der Waals surface area contributed by atoms with Crippen LogP contribution in [0.3, 0.4) is 0 Å². The van der Waals surface area contributed by atoms with Crippen molar-refractivity contribution in [1.29, 1.82) is 0 Å².